The van der Waals surface area contributed by atoms with E-state index in [0.717, 1.165) is 33.1 Å². The van der Waals surface area contributed by atoms with Crippen LogP contribution in [-0.4, -0.2) is 23.1 Å². The highest BCUT2D eigenvalue weighted by atomic mass is 79.9. The Balaban J connectivity index is 1.30. The molecule has 5 rings (SSSR count). The molecule has 0 fully saturated rings. The van der Waals surface area contributed by atoms with Gasteiger partial charge in [0.2, 0.25) is 5.89 Å². The van der Waals surface area contributed by atoms with Gasteiger partial charge in [-0.3, -0.25) is 10.1 Å². The number of halogens is 1. The summed E-state index contributed by atoms with van der Waals surface area (Å²) < 4.78 is 12.2. The maximum Gasteiger partial charge on any atom is 0.261 e. The molecule has 0 saturated heterocycles. The van der Waals surface area contributed by atoms with Gasteiger partial charge in [-0.25, -0.2) is 4.98 Å². The first-order valence-corrected chi connectivity index (χ1v) is 12.9. The van der Waals surface area contributed by atoms with Crippen LogP contribution in [0.1, 0.15) is 35.7 Å². The molecule has 0 aliphatic rings. The second kappa shape index (κ2) is 10.3. The Morgan fingerprint density at radius 1 is 1.05 bits per heavy atom. The first kappa shape index (κ1) is 24.9. The number of hydrogen-bond acceptors (Lipinski definition) is 5. The second-order valence-electron chi connectivity index (χ2n) is 8.88. The van der Waals surface area contributed by atoms with Gasteiger partial charge >= 0.3 is 0 Å². The molecular weight excluding hydrogens is 550 g/mol. The van der Waals surface area contributed by atoms with Crippen LogP contribution in [-0.2, 0) is 0 Å². The number of thiocarbonyl (C=S) groups is 1. The average molecular weight is 575 g/mol. The average Bonchev–Trinajstić information content (AvgIpc) is 3.32. The lowest BCUT2D eigenvalue weighted by Gasteiger charge is -2.14. The number of hydrogen-bond donors (Lipinski definition) is 2. The number of nitrogens with zero attached hydrogens (tertiary/aromatic N) is 1. The quantitative estimate of drug-likeness (QED) is 0.210. The molecule has 1 amide bonds. The first-order valence-electron chi connectivity index (χ1n) is 11.7. The van der Waals surface area contributed by atoms with Crippen molar-refractivity contribution >= 4 is 66.7 Å². The zero-order chi connectivity index (χ0) is 26.1. The fourth-order valence-electron chi connectivity index (χ4n) is 4.11. The molecule has 5 aromatic rings. The summed E-state index contributed by atoms with van der Waals surface area (Å²) in [4.78, 5) is 17.7. The Labute approximate surface area is 228 Å². The van der Waals surface area contributed by atoms with E-state index in [4.69, 9.17) is 21.4 Å². The second-order valence-corrected chi connectivity index (χ2v) is 10.1. The van der Waals surface area contributed by atoms with Gasteiger partial charge in [-0.1, -0.05) is 44.2 Å². The Bertz CT molecular complexity index is 1640. The van der Waals surface area contributed by atoms with Crippen LogP contribution in [0.3, 0.4) is 0 Å². The molecule has 0 saturated carbocycles. The number of fused-ring (bicyclic) bond motifs is 2. The summed E-state index contributed by atoms with van der Waals surface area (Å²) in [5.41, 5.74) is 4.75. The third-order valence-corrected chi connectivity index (χ3v) is 7.08. The molecule has 37 heavy (non-hydrogen) atoms. The molecule has 4 aromatic carbocycles. The largest absolute Gasteiger partial charge is 0.495 e. The molecule has 186 valence electrons. The van der Waals surface area contributed by atoms with E-state index >= 15 is 0 Å². The lowest BCUT2D eigenvalue weighted by Crippen LogP contribution is -2.34. The highest BCUT2D eigenvalue weighted by molar-refractivity contribution is 9.10. The van der Waals surface area contributed by atoms with E-state index in [9.17, 15) is 4.79 Å². The van der Waals surface area contributed by atoms with Gasteiger partial charge in [-0.05, 0) is 92.9 Å². The lowest BCUT2D eigenvalue weighted by molar-refractivity contribution is 0.0975. The number of aromatic nitrogens is 1. The number of benzene rings is 4. The van der Waals surface area contributed by atoms with E-state index in [-0.39, 0.29) is 11.0 Å². The highest BCUT2D eigenvalue weighted by Gasteiger charge is 2.19. The number of rotatable bonds is 5. The van der Waals surface area contributed by atoms with Gasteiger partial charge in [0.25, 0.3) is 5.91 Å². The van der Waals surface area contributed by atoms with Crippen LogP contribution >= 0.6 is 28.1 Å². The summed E-state index contributed by atoms with van der Waals surface area (Å²) in [5.74, 6) is 1.04. The number of amides is 1. The molecule has 0 aliphatic heterocycles. The molecular formula is C29H24BrN3O3S. The van der Waals surface area contributed by atoms with E-state index in [2.05, 4.69) is 57.5 Å². The Kier molecular flexibility index (Phi) is 6.95. The van der Waals surface area contributed by atoms with Crippen molar-refractivity contribution in [3.63, 3.8) is 0 Å². The van der Waals surface area contributed by atoms with E-state index in [1.165, 1.54) is 12.7 Å². The van der Waals surface area contributed by atoms with Crippen LogP contribution in [0.5, 0.6) is 5.75 Å². The number of nitrogens with one attached hydrogen (secondary N) is 2. The van der Waals surface area contributed by atoms with Crippen LogP contribution in [0, 0.1) is 0 Å². The summed E-state index contributed by atoms with van der Waals surface area (Å²) >= 11 is 8.96. The number of ether oxygens (including phenoxy) is 1. The number of anilines is 1. The number of oxazole rings is 1. The van der Waals surface area contributed by atoms with Crippen molar-refractivity contribution in [2.75, 3.05) is 12.4 Å². The van der Waals surface area contributed by atoms with Crippen molar-refractivity contribution < 1.29 is 13.9 Å². The summed E-state index contributed by atoms with van der Waals surface area (Å²) in [5, 5.41) is 7.83. The molecule has 0 unspecified atom stereocenters. The molecule has 1 heterocycles. The topological polar surface area (TPSA) is 76.4 Å². The van der Waals surface area contributed by atoms with E-state index < -0.39 is 0 Å². The summed E-state index contributed by atoms with van der Waals surface area (Å²) in [6.45, 7) is 4.30. The zero-order valence-corrected chi connectivity index (χ0v) is 22.9. The summed E-state index contributed by atoms with van der Waals surface area (Å²) in [6.07, 6.45) is 0. The maximum atomic E-state index is 13.1. The molecule has 0 aliphatic carbocycles. The van der Waals surface area contributed by atoms with Crippen molar-refractivity contribution in [3.05, 3.63) is 88.4 Å². The highest BCUT2D eigenvalue weighted by Crippen LogP contribution is 2.36. The van der Waals surface area contributed by atoms with E-state index in [0.29, 0.717) is 27.6 Å². The Morgan fingerprint density at radius 3 is 2.54 bits per heavy atom. The molecule has 0 bridgehead atoms. The first-order chi connectivity index (χ1) is 17.8. The maximum absolute atomic E-state index is 13.1. The minimum Gasteiger partial charge on any atom is -0.495 e. The SMILES string of the molecule is COc1c(C(=O)NC(=S)Nc2ccc(-c3nc4cc(C(C)C)ccc4o3)cc2)cc2ccccc2c1Br. The smallest absolute Gasteiger partial charge is 0.261 e. The van der Waals surface area contributed by atoms with Crippen LogP contribution in [0.25, 0.3) is 33.3 Å². The van der Waals surface area contributed by atoms with Crippen molar-refractivity contribution in [2.24, 2.45) is 0 Å². The normalized spacial score (nSPS) is 11.2. The third kappa shape index (κ3) is 5.08. The van der Waals surface area contributed by atoms with Crippen LogP contribution in [0.4, 0.5) is 5.69 Å². The van der Waals surface area contributed by atoms with Crippen molar-refractivity contribution in [1.29, 1.82) is 0 Å². The fourth-order valence-corrected chi connectivity index (χ4v) is 5.06. The minimum absolute atomic E-state index is 0.173. The Hall–Kier alpha value is -3.75. The molecule has 2 N–H and O–H groups in total. The van der Waals surface area contributed by atoms with Gasteiger partial charge < -0.3 is 14.5 Å². The summed E-state index contributed by atoms with van der Waals surface area (Å²) in [7, 11) is 1.53. The van der Waals surface area contributed by atoms with Gasteiger partial charge in [0.05, 0.1) is 17.1 Å². The standard InChI is InChI=1S/C29H24BrN3O3S/c1-16(2)18-10-13-24-23(15-18)32-28(36-24)17-8-11-20(12-9-17)31-29(37)33-27(34)22-14-19-6-4-5-7-21(19)25(30)26(22)35-3/h4-16H,1-3H3,(H2,31,33,34,37). The van der Waals surface area contributed by atoms with Crippen LogP contribution in [0.2, 0.25) is 0 Å². The van der Waals surface area contributed by atoms with Gasteiger partial charge in [0.1, 0.15) is 11.3 Å². The molecule has 0 atom stereocenters. The predicted octanol–water partition coefficient (Wildman–Crippen LogP) is 7.67. The van der Waals surface area contributed by atoms with E-state index in [1.54, 1.807) is 6.07 Å². The van der Waals surface area contributed by atoms with Gasteiger partial charge in [0, 0.05) is 11.3 Å². The number of carbonyl (C=O) groups is 1. The fraction of sp³-hybridized carbons (Fsp3) is 0.138. The third-order valence-electron chi connectivity index (χ3n) is 6.08. The van der Waals surface area contributed by atoms with E-state index in [1.807, 2.05) is 54.6 Å². The van der Waals surface area contributed by atoms with Crippen molar-refractivity contribution in [3.8, 4) is 17.2 Å². The predicted molar refractivity (Wildman–Crippen MR) is 155 cm³/mol. The molecule has 8 heteroatoms. The van der Waals surface area contributed by atoms with Crippen molar-refractivity contribution in [2.45, 2.75) is 19.8 Å². The van der Waals surface area contributed by atoms with Crippen LogP contribution < -0.4 is 15.4 Å². The molecule has 0 radical (unpaired) electrons. The zero-order valence-electron chi connectivity index (χ0n) is 20.5. The molecule has 1 aromatic heterocycles. The molecule has 6 nitrogen and oxygen atoms in total. The van der Waals surface area contributed by atoms with Gasteiger partial charge in [0.15, 0.2) is 10.7 Å². The lowest BCUT2D eigenvalue weighted by atomic mass is 10.0. The minimum atomic E-state index is -0.371. The number of carbonyl (C=O) groups excluding carboxylic acids is 1. The van der Waals surface area contributed by atoms with Crippen molar-refractivity contribution in [1.82, 2.24) is 10.3 Å². The summed E-state index contributed by atoms with van der Waals surface area (Å²) in [6, 6.07) is 23.1. The van der Waals surface area contributed by atoms with Gasteiger partial charge in [-0.15, -0.1) is 0 Å². The van der Waals surface area contributed by atoms with Gasteiger partial charge in [-0.2, -0.15) is 0 Å². The monoisotopic (exact) mass is 573 g/mol. The number of methoxy groups -OCH3 is 1. The van der Waals surface area contributed by atoms with Crippen LogP contribution in [0.15, 0.2) is 81.7 Å². The Morgan fingerprint density at radius 2 is 1.81 bits per heavy atom. The molecule has 0 spiro atoms.